The van der Waals surface area contributed by atoms with Crippen LogP contribution in [0.25, 0.3) is 0 Å². The Labute approximate surface area is 59.6 Å². The van der Waals surface area contributed by atoms with E-state index in [0.29, 0.717) is 6.42 Å². The van der Waals surface area contributed by atoms with E-state index in [4.69, 9.17) is 11.9 Å². The average molecular weight is 149 g/mol. The van der Waals surface area contributed by atoms with Gasteiger partial charge in [0.1, 0.15) is 11.9 Å². The quantitative estimate of drug-likeness (QED) is 0.451. The average Bonchev–Trinajstić information content (AvgIpc) is 1.89. The fourth-order valence-electron chi connectivity index (χ4n) is 0.429. The topological polar surface area (TPSA) is 26.3 Å². The summed E-state index contributed by atoms with van der Waals surface area (Å²) in [5.74, 6) is -0.376. The third kappa shape index (κ3) is 5.37. The number of carbonyl (C=O) groups excluding carboxylic acids is 1. The Kier molecular flexibility index (Phi) is 5.32. The number of unbranched alkanes of at least 4 members (excludes halogenated alkanes) is 1. The highest BCUT2D eigenvalue weighted by molar-refractivity contribution is 6.13. The maximum Gasteiger partial charge on any atom is 0.324 e. The van der Waals surface area contributed by atoms with Gasteiger partial charge in [-0.2, -0.15) is 0 Å². The molecule has 0 fully saturated rings. The number of halogens is 1. The summed E-state index contributed by atoms with van der Waals surface area (Å²) in [5, 5.41) is 0. The molecular weight excluding hydrogens is 140 g/mol. The summed E-state index contributed by atoms with van der Waals surface area (Å²) in [5.41, 5.74) is 0. The van der Waals surface area contributed by atoms with E-state index < -0.39 is 0 Å². The van der Waals surface area contributed by atoms with Crippen molar-refractivity contribution in [3.63, 3.8) is 0 Å². The van der Waals surface area contributed by atoms with Gasteiger partial charge in [-0.05, 0) is 12.8 Å². The van der Waals surface area contributed by atoms with Gasteiger partial charge < -0.3 is 4.29 Å². The Balaban J connectivity index is 3.06. The zero-order valence-corrected chi connectivity index (χ0v) is 5.86. The lowest BCUT2D eigenvalue weighted by Gasteiger charge is -1.91. The molecule has 2 nitrogen and oxygen atoms in total. The van der Waals surface area contributed by atoms with Crippen molar-refractivity contribution in [1.82, 2.24) is 0 Å². The normalized spacial score (nSPS) is 8.56. The summed E-state index contributed by atoms with van der Waals surface area (Å²) in [6.07, 6.45) is 3.71. The lowest BCUT2D eigenvalue weighted by Crippen LogP contribution is -1.94. The third-order valence-corrected chi connectivity index (χ3v) is 1.05. The smallest absolute Gasteiger partial charge is 0.324 e. The SMILES string of the molecule is C=CCCCC(=O)OCl. The second kappa shape index (κ2) is 5.63. The summed E-state index contributed by atoms with van der Waals surface area (Å²) in [6, 6.07) is 0. The van der Waals surface area contributed by atoms with Gasteiger partial charge in [-0.25, -0.2) is 0 Å². The molecule has 52 valence electrons. The van der Waals surface area contributed by atoms with Crippen LogP contribution >= 0.6 is 11.9 Å². The monoisotopic (exact) mass is 148 g/mol. The predicted molar refractivity (Wildman–Crippen MR) is 36.0 cm³/mol. The van der Waals surface area contributed by atoms with Crippen LogP contribution in [0.15, 0.2) is 12.7 Å². The number of carbonyl (C=O) groups is 1. The molecule has 0 radical (unpaired) electrons. The summed E-state index contributed by atoms with van der Waals surface area (Å²) >= 11 is 4.76. The summed E-state index contributed by atoms with van der Waals surface area (Å²) in [6.45, 7) is 3.50. The molecule has 0 aromatic heterocycles. The molecule has 0 bridgehead atoms. The van der Waals surface area contributed by atoms with E-state index in [0.717, 1.165) is 12.8 Å². The maximum atomic E-state index is 10.3. The fraction of sp³-hybridized carbons (Fsp3) is 0.500. The number of hydrogen-bond acceptors (Lipinski definition) is 2. The molecule has 0 N–H and O–H groups in total. The Hall–Kier alpha value is -0.500. The fourth-order valence-corrected chi connectivity index (χ4v) is 0.506. The first-order valence-corrected chi connectivity index (χ1v) is 3.04. The largest absolute Gasteiger partial charge is 0.348 e. The van der Waals surface area contributed by atoms with Crippen LogP contribution in [0.3, 0.4) is 0 Å². The first-order chi connectivity index (χ1) is 4.31. The molecule has 0 aromatic rings. The van der Waals surface area contributed by atoms with E-state index in [1.807, 2.05) is 0 Å². The van der Waals surface area contributed by atoms with Crippen LogP contribution in [0, 0.1) is 0 Å². The molecule has 9 heavy (non-hydrogen) atoms. The number of allylic oxidation sites excluding steroid dienone is 1. The number of rotatable bonds is 4. The molecule has 0 aliphatic rings. The molecule has 0 saturated carbocycles. The highest BCUT2D eigenvalue weighted by atomic mass is 35.5. The lowest BCUT2D eigenvalue weighted by molar-refractivity contribution is -0.134. The van der Waals surface area contributed by atoms with Gasteiger partial charge in [0.05, 0.1) is 0 Å². The lowest BCUT2D eigenvalue weighted by atomic mass is 10.2. The van der Waals surface area contributed by atoms with E-state index in [1.165, 1.54) is 0 Å². The molecule has 0 spiro atoms. The van der Waals surface area contributed by atoms with E-state index in [1.54, 1.807) is 6.08 Å². The van der Waals surface area contributed by atoms with Gasteiger partial charge >= 0.3 is 5.97 Å². The van der Waals surface area contributed by atoms with Gasteiger partial charge in [0.2, 0.25) is 0 Å². The molecule has 0 atom stereocenters. The maximum absolute atomic E-state index is 10.3. The molecule has 3 heteroatoms. The van der Waals surface area contributed by atoms with Crippen molar-refractivity contribution in [2.45, 2.75) is 19.3 Å². The van der Waals surface area contributed by atoms with E-state index in [-0.39, 0.29) is 5.97 Å². The van der Waals surface area contributed by atoms with Gasteiger partial charge in [-0.3, -0.25) is 4.79 Å². The second-order valence-electron chi connectivity index (χ2n) is 1.63. The van der Waals surface area contributed by atoms with Crippen molar-refractivity contribution in [3.05, 3.63) is 12.7 Å². The molecule has 0 aromatic carbocycles. The van der Waals surface area contributed by atoms with Crippen LogP contribution < -0.4 is 0 Å². The van der Waals surface area contributed by atoms with Crippen molar-refractivity contribution in [2.24, 2.45) is 0 Å². The van der Waals surface area contributed by atoms with Crippen molar-refractivity contribution in [1.29, 1.82) is 0 Å². The standard InChI is InChI=1S/C6H9ClO2/c1-2-3-4-5-6(8)9-7/h2H,1,3-5H2. The van der Waals surface area contributed by atoms with Crippen molar-refractivity contribution in [2.75, 3.05) is 0 Å². The highest BCUT2D eigenvalue weighted by Crippen LogP contribution is 1.98. The molecule has 0 aliphatic carbocycles. The van der Waals surface area contributed by atoms with E-state index >= 15 is 0 Å². The van der Waals surface area contributed by atoms with Crippen LogP contribution in [0.1, 0.15) is 19.3 Å². The van der Waals surface area contributed by atoms with Crippen LogP contribution in [0.2, 0.25) is 0 Å². The highest BCUT2D eigenvalue weighted by Gasteiger charge is 1.97. The van der Waals surface area contributed by atoms with E-state index in [9.17, 15) is 4.79 Å². The van der Waals surface area contributed by atoms with Crippen molar-refractivity contribution < 1.29 is 9.08 Å². The predicted octanol–water partition coefficient (Wildman–Crippen LogP) is 2.04. The zero-order chi connectivity index (χ0) is 7.11. The minimum Gasteiger partial charge on any atom is -0.348 e. The molecule has 0 aliphatic heterocycles. The Morgan fingerprint density at radius 3 is 2.89 bits per heavy atom. The second-order valence-corrected chi connectivity index (χ2v) is 1.78. The molecule has 0 amide bonds. The minimum absolute atomic E-state index is 0.371. The molecule has 0 heterocycles. The van der Waals surface area contributed by atoms with Crippen LogP contribution in [-0.2, 0) is 9.08 Å². The Morgan fingerprint density at radius 2 is 2.44 bits per heavy atom. The van der Waals surface area contributed by atoms with Crippen LogP contribution in [0.4, 0.5) is 0 Å². The molecule has 0 unspecified atom stereocenters. The first kappa shape index (κ1) is 8.50. The Bertz CT molecular complexity index is 101. The molecular formula is C6H9ClO2. The first-order valence-electron chi connectivity index (χ1n) is 2.73. The van der Waals surface area contributed by atoms with Crippen molar-refractivity contribution >= 4 is 17.8 Å². The number of hydrogen-bond donors (Lipinski definition) is 0. The summed E-state index contributed by atoms with van der Waals surface area (Å²) < 4.78 is 3.90. The van der Waals surface area contributed by atoms with E-state index in [2.05, 4.69) is 10.9 Å². The Morgan fingerprint density at radius 1 is 1.78 bits per heavy atom. The minimum atomic E-state index is -0.376. The molecule has 0 saturated heterocycles. The summed E-state index contributed by atoms with van der Waals surface area (Å²) in [7, 11) is 0. The van der Waals surface area contributed by atoms with Gasteiger partial charge in [-0.1, -0.05) is 6.08 Å². The summed E-state index contributed by atoms with van der Waals surface area (Å²) in [4.78, 5) is 10.3. The third-order valence-electron chi connectivity index (χ3n) is 0.875. The van der Waals surface area contributed by atoms with Crippen molar-refractivity contribution in [3.8, 4) is 0 Å². The van der Waals surface area contributed by atoms with Gasteiger partial charge in [-0.15, -0.1) is 6.58 Å². The zero-order valence-electron chi connectivity index (χ0n) is 5.10. The van der Waals surface area contributed by atoms with Gasteiger partial charge in [0.25, 0.3) is 0 Å². The van der Waals surface area contributed by atoms with Gasteiger partial charge in [0, 0.05) is 6.42 Å². The van der Waals surface area contributed by atoms with Crippen LogP contribution in [-0.4, -0.2) is 5.97 Å². The van der Waals surface area contributed by atoms with Gasteiger partial charge in [0.15, 0.2) is 0 Å². The molecule has 0 rings (SSSR count). The van der Waals surface area contributed by atoms with Crippen LogP contribution in [0.5, 0.6) is 0 Å².